The average Bonchev–Trinajstić information content (AvgIpc) is 2.17. The van der Waals surface area contributed by atoms with Gasteiger partial charge in [0.05, 0.1) is 0 Å². The number of carbonyl (C=O) groups excluding carboxylic acids is 2. The second kappa shape index (κ2) is 5.62. The van der Waals surface area contributed by atoms with Crippen LogP contribution < -0.4 is 0 Å². The van der Waals surface area contributed by atoms with Crippen molar-refractivity contribution in [3.05, 3.63) is 5.92 Å². The Morgan fingerprint density at radius 2 is 1.43 bits per heavy atom. The van der Waals surface area contributed by atoms with Crippen LogP contribution in [0.1, 0.15) is 20.8 Å². The Morgan fingerprint density at radius 1 is 1.00 bits per heavy atom. The van der Waals surface area contributed by atoms with Gasteiger partial charge < -0.3 is 9.80 Å². The Kier molecular flexibility index (Phi) is 5.20. The second-order valence-corrected chi connectivity index (χ2v) is 3.30. The third kappa shape index (κ3) is 3.01. The van der Waals surface area contributed by atoms with Crippen LogP contribution in [0.4, 0.5) is 0 Å². The van der Waals surface area contributed by atoms with Gasteiger partial charge in [-0.3, -0.25) is 9.59 Å². The summed E-state index contributed by atoms with van der Waals surface area (Å²) >= 11 is 0. The Morgan fingerprint density at radius 3 is 1.71 bits per heavy atom. The molecule has 0 saturated heterocycles. The first-order valence-electron chi connectivity index (χ1n) is 4.80. The van der Waals surface area contributed by atoms with Gasteiger partial charge in [0.2, 0.25) is 11.8 Å². The molecule has 0 unspecified atom stereocenters. The first-order valence-corrected chi connectivity index (χ1v) is 4.80. The summed E-state index contributed by atoms with van der Waals surface area (Å²) in [6.07, 6.45) is 0. The lowest BCUT2D eigenvalue weighted by Gasteiger charge is -2.23. The van der Waals surface area contributed by atoms with E-state index in [1.165, 1.54) is 4.90 Å². The number of hydrogen-bond donors (Lipinski definition) is 0. The van der Waals surface area contributed by atoms with Crippen molar-refractivity contribution >= 4 is 11.8 Å². The molecular weight excluding hydrogens is 180 g/mol. The minimum Gasteiger partial charge on any atom is -0.348 e. The van der Waals surface area contributed by atoms with Crippen LogP contribution in [0.25, 0.3) is 0 Å². The van der Waals surface area contributed by atoms with E-state index in [-0.39, 0.29) is 17.7 Å². The highest BCUT2D eigenvalue weighted by molar-refractivity contribution is 6.13. The Bertz CT molecular complexity index is 210. The molecule has 0 atom stereocenters. The Balaban J connectivity index is 4.45. The summed E-state index contributed by atoms with van der Waals surface area (Å²) in [6, 6.07) is 0. The molecule has 0 aromatic carbocycles. The summed E-state index contributed by atoms with van der Waals surface area (Å²) in [5.41, 5.74) is 0. The van der Waals surface area contributed by atoms with Crippen LogP contribution in [0.2, 0.25) is 0 Å². The number of rotatable bonds is 4. The van der Waals surface area contributed by atoms with E-state index in [9.17, 15) is 9.59 Å². The van der Waals surface area contributed by atoms with E-state index in [1.807, 2.05) is 13.8 Å². The zero-order chi connectivity index (χ0) is 11.3. The summed E-state index contributed by atoms with van der Waals surface area (Å²) in [4.78, 5) is 26.2. The van der Waals surface area contributed by atoms with E-state index in [1.54, 1.807) is 25.9 Å². The molecule has 0 aliphatic rings. The Labute approximate surface area is 85.9 Å². The maximum absolute atomic E-state index is 11.7. The maximum Gasteiger partial charge on any atom is 0.239 e. The summed E-state index contributed by atoms with van der Waals surface area (Å²) in [5, 5.41) is 0. The molecule has 1 radical (unpaired) electrons. The van der Waals surface area contributed by atoms with Crippen LogP contribution in [0.15, 0.2) is 0 Å². The van der Waals surface area contributed by atoms with Crippen molar-refractivity contribution in [3.8, 4) is 0 Å². The monoisotopic (exact) mass is 199 g/mol. The first kappa shape index (κ1) is 12.9. The third-order valence-corrected chi connectivity index (χ3v) is 2.10. The largest absolute Gasteiger partial charge is 0.348 e. The predicted molar refractivity (Wildman–Crippen MR) is 55.5 cm³/mol. The van der Waals surface area contributed by atoms with Crippen molar-refractivity contribution in [2.24, 2.45) is 0 Å². The number of nitrogens with zero attached hydrogens (tertiary/aromatic N) is 2. The molecule has 0 rings (SSSR count). The van der Waals surface area contributed by atoms with E-state index in [4.69, 9.17) is 0 Å². The molecule has 2 amide bonds. The van der Waals surface area contributed by atoms with Crippen LogP contribution in [0.3, 0.4) is 0 Å². The normalized spacial score (nSPS) is 10.1. The molecule has 0 N–H and O–H groups in total. The van der Waals surface area contributed by atoms with Gasteiger partial charge in [0.1, 0.15) is 5.92 Å². The predicted octanol–water partition coefficient (Wildman–Crippen LogP) is 0.537. The third-order valence-electron chi connectivity index (χ3n) is 2.10. The molecule has 0 spiro atoms. The lowest BCUT2D eigenvalue weighted by Crippen LogP contribution is -2.40. The molecule has 4 heteroatoms. The standard InChI is InChI=1S/C10H19N2O2/c1-6-12(7-2)10(14)8(3)9(13)11(4)5/h6-7H2,1-5H3. The van der Waals surface area contributed by atoms with Crippen LogP contribution >= 0.6 is 0 Å². The van der Waals surface area contributed by atoms with Crippen molar-refractivity contribution in [2.45, 2.75) is 20.8 Å². The van der Waals surface area contributed by atoms with Gasteiger partial charge in [-0.2, -0.15) is 0 Å². The smallest absolute Gasteiger partial charge is 0.239 e. The molecule has 14 heavy (non-hydrogen) atoms. The van der Waals surface area contributed by atoms with Crippen LogP contribution in [0.5, 0.6) is 0 Å². The van der Waals surface area contributed by atoms with E-state index in [0.717, 1.165) is 0 Å². The van der Waals surface area contributed by atoms with Gasteiger partial charge in [-0.05, 0) is 20.8 Å². The number of hydrogen-bond acceptors (Lipinski definition) is 2. The first-order chi connectivity index (χ1) is 6.45. The van der Waals surface area contributed by atoms with Gasteiger partial charge in [-0.25, -0.2) is 0 Å². The van der Waals surface area contributed by atoms with E-state index in [2.05, 4.69) is 0 Å². The highest BCUT2D eigenvalue weighted by Crippen LogP contribution is 2.07. The molecule has 4 nitrogen and oxygen atoms in total. The van der Waals surface area contributed by atoms with E-state index < -0.39 is 0 Å². The van der Waals surface area contributed by atoms with Gasteiger partial charge in [-0.15, -0.1) is 0 Å². The van der Waals surface area contributed by atoms with Crippen molar-refractivity contribution in [3.63, 3.8) is 0 Å². The fourth-order valence-electron chi connectivity index (χ4n) is 1.17. The van der Waals surface area contributed by atoms with Crippen molar-refractivity contribution in [1.82, 2.24) is 9.80 Å². The van der Waals surface area contributed by atoms with Gasteiger partial charge >= 0.3 is 0 Å². The summed E-state index contributed by atoms with van der Waals surface area (Å²) < 4.78 is 0. The van der Waals surface area contributed by atoms with Crippen LogP contribution in [0, 0.1) is 5.92 Å². The van der Waals surface area contributed by atoms with Gasteiger partial charge in [-0.1, -0.05) is 0 Å². The minimum atomic E-state index is -0.220. The average molecular weight is 199 g/mol. The zero-order valence-corrected chi connectivity index (χ0v) is 9.63. The van der Waals surface area contributed by atoms with Crippen molar-refractivity contribution < 1.29 is 9.59 Å². The lowest BCUT2D eigenvalue weighted by molar-refractivity contribution is -0.136. The molecule has 0 aromatic rings. The minimum absolute atomic E-state index is 0.172. The molecule has 0 aliphatic heterocycles. The zero-order valence-electron chi connectivity index (χ0n) is 9.63. The molecule has 0 fully saturated rings. The number of carbonyl (C=O) groups is 2. The summed E-state index contributed by atoms with van der Waals surface area (Å²) in [6.45, 7) is 6.63. The highest BCUT2D eigenvalue weighted by Gasteiger charge is 2.26. The van der Waals surface area contributed by atoms with Crippen LogP contribution in [-0.2, 0) is 9.59 Å². The maximum atomic E-state index is 11.7. The molecule has 0 saturated carbocycles. The fraction of sp³-hybridized carbons (Fsp3) is 0.700. The fourth-order valence-corrected chi connectivity index (χ4v) is 1.17. The molecule has 0 bridgehead atoms. The van der Waals surface area contributed by atoms with E-state index in [0.29, 0.717) is 13.1 Å². The summed E-state index contributed by atoms with van der Waals surface area (Å²) in [5.74, 6) is -0.116. The molecule has 0 heterocycles. The van der Waals surface area contributed by atoms with Gasteiger partial charge in [0, 0.05) is 27.2 Å². The van der Waals surface area contributed by atoms with Gasteiger partial charge in [0.15, 0.2) is 0 Å². The SMILES string of the molecule is CCN(CC)C(=O)[C](C)C(=O)N(C)C. The summed E-state index contributed by atoms with van der Waals surface area (Å²) in [7, 11) is 3.28. The quantitative estimate of drug-likeness (QED) is 0.620. The molecule has 81 valence electrons. The molecule has 0 aromatic heterocycles. The molecular formula is C10H19N2O2. The Hall–Kier alpha value is -1.06. The van der Waals surface area contributed by atoms with E-state index >= 15 is 0 Å². The second-order valence-electron chi connectivity index (χ2n) is 3.30. The lowest BCUT2D eigenvalue weighted by atomic mass is 10.1. The molecule has 0 aliphatic carbocycles. The topological polar surface area (TPSA) is 40.6 Å². The van der Waals surface area contributed by atoms with Crippen molar-refractivity contribution in [1.29, 1.82) is 0 Å². The van der Waals surface area contributed by atoms with Crippen LogP contribution in [-0.4, -0.2) is 48.8 Å². The highest BCUT2D eigenvalue weighted by atomic mass is 16.2. The van der Waals surface area contributed by atoms with Crippen molar-refractivity contribution in [2.75, 3.05) is 27.2 Å². The van der Waals surface area contributed by atoms with Gasteiger partial charge in [0.25, 0.3) is 0 Å². The number of amides is 2.